The summed E-state index contributed by atoms with van der Waals surface area (Å²) in [5.41, 5.74) is -1.97. The van der Waals surface area contributed by atoms with Crippen LogP contribution in [0.4, 0.5) is 8.78 Å². The third-order valence-electron chi connectivity index (χ3n) is 1.70. The Balaban J connectivity index is 0.000000561. The zero-order chi connectivity index (χ0) is 9.99. The predicted molar refractivity (Wildman–Crippen MR) is 42.7 cm³/mol. The van der Waals surface area contributed by atoms with Gasteiger partial charge in [-0.05, 0) is 6.92 Å². The maximum Gasteiger partial charge on any atom is 0.290 e. The van der Waals surface area contributed by atoms with Crippen molar-refractivity contribution in [2.45, 2.75) is 32.3 Å². The fourth-order valence-corrected chi connectivity index (χ4v) is 0.992. The largest absolute Gasteiger partial charge is 0.382 e. The van der Waals surface area contributed by atoms with Crippen LogP contribution >= 0.6 is 0 Å². The first-order chi connectivity index (χ1) is 5.35. The summed E-state index contributed by atoms with van der Waals surface area (Å²) >= 11 is 0. The van der Waals surface area contributed by atoms with E-state index in [0.29, 0.717) is 0 Å². The van der Waals surface area contributed by atoms with Gasteiger partial charge in [-0.3, -0.25) is 5.84 Å². The molecule has 1 saturated heterocycles. The molecule has 1 rings (SSSR count). The van der Waals surface area contributed by atoms with Gasteiger partial charge in [-0.25, -0.2) is 13.8 Å². The van der Waals surface area contributed by atoms with Crippen molar-refractivity contribution in [1.29, 1.82) is 0 Å². The zero-order valence-electron chi connectivity index (χ0n) is 7.64. The highest BCUT2D eigenvalue weighted by atomic mass is 19.3. The van der Waals surface area contributed by atoms with Crippen molar-refractivity contribution in [3.63, 3.8) is 0 Å². The number of hydrazine groups is 1. The molecular weight excluding hydrogens is 166 g/mol. The van der Waals surface area contributed by atoms with E-state index < -0.39 is 18.1 Å². The van der Waals surface area contributed by atoms with Crippen LogP contribution in [0.15, 0.2) is 0 Å². The van der Waals surface area contributed by atoms with Crippen molar-refractivity contribution in [3.8, 4) is 0 Å². The van der Waals surface area contributed by atoms with E-state index in [-0.39, 0.29) is 6.54 Å². The number of nitrogens with zero attached hydrogens (tertiary/aromatic N) is 1. The van der Waals surface area contributed by atoms with Gasteiger partial charge in [0.15, 0.2) is 0 Å². The maximum absolute atomic E-state index is 12.6. The first kappa shape index (κ1) is 11.7. The standard InChI is InChI=1S/C5H10F2N2O.C2H6/c1-4(10)2-9(8)3-5(4,6)7;1-2/h10H,2-3,8H2,1H3;1-2H3. The molecule has 0 aromatic carbocycles. The number of rotatable bonds is 0. The summed E-state index contributed by atoms with van der Waals surface area (Å²) in [6, 6.07) is 0. The van der Waals surface area contributed by atoms with Gasteiger partial charge in [-0.1, -0.05) is 13.8 Å². The highest BCUT2D eigenvalue weighted by Gasteiger charge is 2.55. The molecule has 0 spiro atoms. The number of aliphatic hydroxyl groups is 1. The predicted octanol–water partition coefficient (Wildman–Crippen LogP) is 0.588. The van der Waals surface area contributed by atoms with Crippen molar-refractivity contribution in [1.82, 2.24) is 5.01 Å². The summed E-state index contributed by atoms with van der Waals surface area (Å²) < 4.78 is 25.2. The minimum absolute atomic E-state index is 0.181. The number of nitrogens with two attached hydrogens (primary N) is 1. The average Bonchev–Trinajstić information content (AvgIpc) is 2.04. The molecule has 0 radical (unpaired) electrons. The number of alkyl halides is 2. The smallest absolute Gasteiger partial charge is 0.290 e. The molecule has 12 heavy (non-hydrogen) atoms. The van der Waals surface area contributed by atoms with Crippen LogP contribution in [0.2, 0.25) is 0 Å². The van der Waals surface area contributed by atoms with Gasteiger partial charge in [0.2, 0.25) is 0 Å². The lowest BCUT2D eigenvalue weighted by atomic mass is 10.0. The number of β-amino-alcohol motifs (C(OH)–C–C–N with tert-alkyl or cyclic N) is 1. The van der Waals surface area contributed by atoms with Crippen molar-refractivity contribution >= 4 is 0 Å². The first-order valence-corrected chi connectivity index (χ1v) is 3.95. The molecule has 5 heteroatoms. The maximum atomic E-state index is 12.6. The zero-order valence-corrected chi connectivity index (χ0v) is 7.64. The van der Waals surface area contributed by atoms with Crippen LogP contribution in [-0.2, 0) is 0 Å². The summed E-state index contributed by atoms with van der Waals surface area (Å²) in [7, 11) is 0. The van der Waals surface area contributed by atoms with Gasteiger partial charge >= 0.3 is 0 Å². The molecule has 74 valence electrons. The van der Waals surface area contributed by atoms with Gasteiger partial charge in [0.05, 0.1) is 6.54 Å². The SMILES string of the molecule is CC.CC1(O)CN(N)CC1(F)F. The molecule has 1 aliphatic heterocycles. The molecule has 3 nitrogen and oxygen atoms in total. The molecule has 0 amide bonds. The van der Waals surface area contributed by atoms with Crippen LogP contribution < -0.4 is 5.84 Å². The number of hydrogen-bond acceptors (Lipinski definition) is 3. The molecule has 0 aromatic heterocycles. The van der Waals surface area contributed by atoms with Crippen LogP contribution in [0.1, 0.15) is 20.8 Å². The summed E-state index contributed by atoms with van der Waals surface area (Å²) in [6.45, 7) is 4.33. The van der Waals surface area contributed by atoms with Crippen molar-refractivity contribution < 1.29 is 13.9 Å². The Morgan fingerprint density at radius 3 is 1.83 bits per heavy atom. The molecule has 3 N–H and O–H groups in total. The Kier molecular flexibility index (Phi) is 3.56. The minimum atomic E-state index is -3.08. The van der Waals surface area contributed by atoms with Crippen LogP contribution in [0.25, 0.3) is 0 Å². The normalized spacial score (nSPS) is 34.2. The molecule has 1 heterocycles. The Morgan fingerprint density at radius 2 is 1.75 bits per heavy atom. The van der Waals surface area contributed by atoms with Gasteiger partial charge < -0.3 is 5.11 Å². The van der Waals surface area contributed by atoms with E-state index in [1.807, 2.05) is 13.8 Å². The Morgan fingerprint density at radius 1 is 1.33 bits per heavy atom. The second kappa shape index (κ2) is 3.64. The van der Waals surface area contributed by atoms with Crippen LogP contribution in [0, 0.1) is 0 Å². The minimum Gasteiger partial charge on any atom is -0.382 e. The summed E-state index contributed by atoms with van der Waals surface area (Å²) in [6.07, 6.45) is 0. The van der Waals surface area contributed by atoms with Crippen LogP contribution in [-0.4, -0.2) is 34.7 Å². The summed E-state index contributed by atoms with van der Waals surface area (Å²) in [4.78, 5) is 0. The van der Waals surface area contributed by atoms with E-state index in [0.717, 1.165) is 11.9 Å². The van der Waals surface area contributed by atoms with Gasteiger partial charge in [-0.15, -0.1) is 0 Å². The van der Waals surface area contributed by atoms with Gasteiger partial charge in [0.1, 0.15) is 5.60 Å². The molecular formula is C7H16F2N2O. The lowest BCUT2D eigenvalue weighted by Gasteiger charge is -2.22. The second-order valence-corrected chi connectivity index (χ2v) is 2.88. The average molecular weight is 182 g/mol. The third kappa shape index (κ3) is 2.12. The van der Waals surface area contributed by atoms with E-state index in [2.05, 4.69) is 0 Å². The lowest BCUT2D eigenvalue weighted by molar-refractivity contribution is -0.134. The quantitative estimate of drug-likeness (QED) is 0.539. The fourth-order valence-electron chi connectivity index (χ4n) is 0.992. The molecule has 0 saturated carbocycles. The molecule has 0 bridgehead atoms. The summed E-state index contributed by atoms with van der Waals surface area (Å²) in [5.74, 6) is 2.00. The van der Waals surface area contributed by atoms with Crippen molar-refractivity contribution in [3.05, 3.63) is 0 Å². The monoisotopic (exact) mass is 182 g/mol. The highest BCUT2D eigenvalue weighted by Crippen LogP contribution is 2.34. The molecule has 1 fully saturated rings. The Bertz CT molecular complexity index is 134. The molecule has 1 atom stereocenters. The molecule has 1 aliphatic rings. The van der Waals surface area contributed by atoms with Crippen LogP contribution in [0.3, 0.4) is 0 Å². The fraction of sp³-hybridized carbons (Fsp3) is 1.00. The Labute approximate surface area is 71.1 Å². The lowest BCUT2D eigenvalue weighted by Crippen LogP contribution is -2.43. The van der Waals surface area contributed by atoms with Gasteiger partial charge in [-0.2, -0.15) is 0 Å². The van der Waals surface area contributed by atoms with E-state index in [4.69, 9.17) is 10.9 Å². The van der Waals surface area contributed by atoms with Crippen molar-refractivity contribution in [2.24, 2.45) is 5.84 Å². The number of halogens is 2. The topological polar surface area (TPSA) is 49.5 Å². The van der Waals surface area contributed by atoms with Crippen LogP contribution in [0.5, 0.6) is 0 Å². The number of hydrogen-bond donors (Lipinski definition) is 2. The van der Waals surface area contributed by atoms with Gasteiger partial charge in [0, 0.05) is 6.54 Å². The van der Waals surface area contributed by atoms with E-state index in [1.54, 1.807) is 0 Å². The molecule has 1 unspecified atom stereocenters. The third-order valence-corrected chi connectivity index (χ3v) is 1.70. The van der Waals surface area contributed by atoms with E-state index in [1.165, 1.54) is 0 Å². The summed E-state index contributed by atoms with van der Waals surface area (Å²) in [5, 5.41) is 9.94. The van der Waals surface area contributed by atoms with Gasteiger partial charge in [0.25, 0.3) is 5.92 Å². The highest BCUT2D eigenvalue weighted by molar-refractivity contribution is 4.98. The van der Waals surface area contributed by atoms with Crippen molar-refractivity contribution in [2.75, 3.05) is 13.1 Å². The molecule has 0 aromatic rings. The molecule has 0 aliphatic carbocycles. The van der Waals surface area contributed by atoms with E-state index in [9.17, 15) is 8.78 Å². The Hall–Kier alpha value is -0.260. The first-order valence-electron chi connectivity index (χ1n) is 3.95. The van der Waals surface area contributed by atoms with E-state index >= 15 is 0 Å². The second-order valence-electron chi connectivity index (χ2n) is 2.88.